The number of hydrogen-bond acceptors (Lipinski definition) is 3. The monoisotopic (exact) mass is 324 g/mol. The van der Waals surface area contributed by atoms with Crippen LogP contribution in [0.2, 0.25) is 0 Å². The minimum Gasteiger partial charge on any atom is -0.497 e. The molecule has 0 bridgehead atoms. The first kappa shape index (κ1) is 15.5. The van der Waals surface area contributed by atoms with E-state index in [0.29, 0.717) is 5.92 Å². The lowest BCUT2D eigenvalue weighted by Crippen LogP contribution is -2.37. The van der Waals surface area contributed by atoms with E-state index in [1.165, 1.54) is 28.8 Å². The van der Waals surface area contributed by atoms with Crippen molar-refractivity contribution >= 4 is 16.7 Å². The second-order valence-corrected chi connectivity index (χ2v) is 7.45. The van der Waals surface area contributed by atoms with Gasteiger partial charge in [0.05, 0.1) is 7.11 Å². The summed E-state index contributed by atoms with van der Waals surface area (Å²) in [5.74, 6) is 1.23. The van der Waals surface area contributed by atoms with Crippen LogP contribution in [0, 0.1) is 5.41 Å². The van der Waals surface area contributed by atoms with Crippen LogP contribution in [0.15, 0.2) is 30.3 Å². The maximum Gasteiger partial charge on any atom is 0.302 e. The average molecular weight is 324 g/mol. The molecule has 2 aromatic rings. The average Bonchev–Trinajstić information content (AvgIpc) is 2.90. The van der Waals surface area contributed by atoms with Crippen LogP contribution in [0.4, 0.5) is 0 Å². The second kappa shape index (κ2) is 5.51. The van der Waals surface area contributed by atoms with E-state index in [-0.39, 0.29) is 17.5 Å². The predicted molar refractivity (Wildman–Crippen MR) is 94.5 cm³/mol. The van der Waals surface area contributed by atoms with Gasteiger partial charge in [0.1, 0.15) is 11.9 Å². The van der Waals surface area contributed by atoms with Crippen LogP contribution >= 0.6 is 0 Å². The summed E-state index contributed by atoms with van der Waals surface area (Å²) in [6.45, 7) is 3.83. The molecule has 0 radical (unpaired) electrons. The van der Waals surface area contributed by atoms with Crippen LogP contribution in [0.3, 0.4) is 0 Å². The van der Waals surface area contributed by atoms with Gasteiger partial charge in [-0.1, -0.05) is 25.1 Å². The Bertz CT molecular complexity index is 810. The lowest BCUT2D eigenvalue weighted by Gasteiger charge is -2.41. The first-order valence-electron chi connectivity index (χ1n) is 8.79. The van der Waals surface area contributed by atoms with Gasteiger partial charge >= 0.3 is 5.97 Å². The van der Waals surface area contributed by atoms with Crippen molar-refractivity contribution < 1.29 is 14.3 Å². The van der Waals surface area contributed by atoms with Gasteiger partial charge < -0.3 is 9.47 Å². The third kappa shape index (κ3) is 2.21. The molecule has 2 aliphatic rings. The van der Waals surface area contributed by atoms with Crippen molar-refractivity contribution in [2.75, 3.05) is 7.11 Å². The summed E-state index contributed by atoms with van der Waals surface area (Å²) in [5.41, 5.74) is 3.00. The quantitative estimate of drug-likeness (QED) is 0.757. The molecule has 0 N–H and O–H groups in total. The van der Waals surface area contributed by atoms with Crippen LogP contribution in [-0.4, -0.2) is 19.2 Å². The summed E-state index contributed by atoms with van der Waals surface area (Å²) >= 11 is 0. The molecule has 24 heavy (non-hydrogen) atoms. The van der Waals surface area contributed by atoms with E-state index >= 15 is 0 Å². The Labute approximate surface area is 143 Å². The lowest BCUT2D eigenvalue weighted by atomic mass is 9.65. The Balaban J connectivity index is 1.78. The molecule has 3 atom stereocenters. The van der Waals surface area contributed by atoms with Gasteiger partial charge in [-0.3, -0.25) is 4.79 Å². The summed E-state index contributed by atoms with van der Waals surface area (Å²) in [7, 11) is 1.71. The number of esters is 1. The lowest BCUT2D eigenvalue weighted by molar-refractivity contribution is -0.152. The number of methoxy groups -OCH3 is 1. The third-order valence-electron chi connectivity index (χ3n) is 6.22. The Kier molecular flexibility index (Phi) is 3.56. The first-order chi connectivity index (χ1) is 11.5. The predicted octanol–water partition coefficient (Wildman–Crippen LogP) is 4.61. The molecule has 2 aliphatic carbocycles. The molecule has 0 spiro atoms. The van der Waals surface area contributed by atoms with Crippen molar-refractivity contribution in [2.45, 2.75) is 51.6 Å². The van der Waals surface area contributed by atoms with Gasteiger partial charge in [-0.15, -0.1) is 0 Å². The smallest absolute Gasteiger partial charge is 0.302 e. The molecular formula is C21H24O3. The Morgan fingerprint density at radius 3 is 2.79 bits per heavy atom. The molecule has 0 amide bonds. The SMILES string of the molecule is COc1ccc2c3c(ccc2c1)[C@H]1CC[C@@H](OC(C)=O)[C@@]1(C)CC3. The minimum atomic E-state index is -0.154. The van der Waals surface area contributed by atoms with Crippen molar-refractivity contribution in [3.63, 3.8) is 0 Å². The largest absolute Gasteiger partial charge is 0.497 e. The first-order valence-corrected chi connectivity index (χ1v) is 8.79. The molecule has 0 unspecified atom stereocenters. The van der Waals surface area contributed by atoms with E-state index in [1.54, 1.807) is 7.11 Å². The van der Waals surface area contributed by atoms with Crippen LogP contribution in [0.5, 0.6) is 5.75 Å². The van der Waals surface area contributed by atoms with Crippen LogP contribution in [0.25, 0.3) is 10.8 Å². The van der Waals surface area contributed by atoms with E-state index in [4.69, 9.17) is 9.47 Å². The number of rotatable bonds is 2. The van der Waals surface area contributed by atoms with Crippen molar-refractivity contribution in [1.29, 1.82) is 0 Å². The summed E-state index contributed by atoms with van der Waals surface area (Å²) in [6, 6.07) is 10.8. The Hall–Kier alpha value is -2.03. The standard InChI is InChI=1S/C21H24O3/c1-13(22)24-20-9-8-19-18-6-4-14-12-15(23-3)5-7-16(14)17(18)10-11-21(19,20)2/h4-7,12,19-20H,8-11H2,1-3H3/t19-,20-,21+/m1/s1. The van der Waals surface area contributed by atoms with E-state index < -0.39 is 0 Å². The van der Waals surface area contributed by atoms with Gasteiger partial charge in [0.15, 0.2) is 0 Å². The minimum absolute atomic E-state index is 0.0553. The molecule has 4 rings (SSSR count). The highest BCUT2D eigenvalue weighted by molar-refractivity contribution is 5.88. The number of aryl methyl sites for hydroxylation is 1. The van der Waals surface area contributed by atoms with Gasteiger partial charge in [0.25, 0.3) is 0 Å². The number of ether oxygens (including phenoxy) is 2. The zero-order valence-electron chi connectivity index (χ0n) is 14.6. The zero-order chi connectivity index (χ0) is 16.9. The molecule has 1 fully saturated rings. The third-order valence-corrected chi connectivity index (χ3v) is 6.22. The van der Waals surface area contributed by atoms with Crippen LogP contribution < -0.4 is 4.74 Å². The fraction of sp³-hybridized carbons (Fsp3) is 0.476. The summed E-state index contributed by atoms with van der Waals surface area (Å²) < 4.78 is 11.0. The molecule has 1 saturated carbocycles. The normalized spacial score (nSPS) is 28.3. The highest BCUT2D eigenvalue weighted by Gasteiger charge is 2.51. The van der Waals surface area contributed by atoms with Crippen molar-refractivity contribution in [2.24, 2.45) is 5.41 Å². The van der Waals surface area contributed by atoms with Crippen molar-refractivity contribution in [1.82, 2.24) is 0 Å². The number of benzene rings is 2. The summed E-state index contributed by atoms with van der Waals surface area (Å²) in [4.78, 5) is 11.5. The Morgan fingerprint density at radius 1 is 1.21 bits per heavy atom. The molecule has 0 saturated heterocycles. The van der Waals surface area contributed by atoms with E-state index in [9.17, 15) is 4.79 Å². The maximum absolute atomic E-state index is 11.5. The van der Waals surface area contributed by atoms with Crippen molar-refractivity contribution in [3.05, 3.63) is 41.5 Å². The number of hydrogen-bond donors (Lipinski definition) is 0. The molecule has 3 nitrogen and oxygen atoms in total. The van der Waals surface area contributed by atoms with E-state index in [1.807, 2.05) is 6.07 Å². The van der Waals surface area contributed by atoms with Crippen molar-refractivity contribution in [3.8, 4) is 5.75 Å². The second-order valence-electron chi connectivity index (χ2n) is 7.45. The molecule has 126 valence electrons. The molecule has 0 heterocycles. The fourth-order valence-electron chi connectivity index (χ4n) is 4.96. The van der Waals surface area contributed by atoms with Crippen LogP contribution in [-0.2, 0) is 16.0 Å². The topological polar surface area (TPSA) is 35.5 Å². The molecule has 2 aromatic carbocycles. The van der Waals surface area contributed by atoms with Crippen LogP contribution in [0.1, 0.15) is 50.2 Å². The number of carbonyl (C=O) groups is 1. The Morgan fingerprint density at radius 2 is 2.04 bits per heavy atom. The van der Waals surface area contributed by atoms with Gasteiger partial charge in [-0.25, -0.2) is 0 Å². The molecule has 0 aliphatic heterocycles. The zero-order valence-corrected chi connectivity index (χ0v) is 14.6. The molecule has 3 heteroatoms. The van der Waals surface area contributed by atoms with Gasteiger partial charge in [0.2, 0.25) is 0 Å². The van der Waals surface area contributed by atoms with Gasteiger partial charge in [-0.2, -0.15) is 0 Å². The fourth-order valence-corrected chi connectivity index (χ4v) is 4.96. The highest BCUT2D eigenvalue weighted by atomic mass is 16.5. The molecular weight excluding hydrogens is 300 g/mol. The maximum atomic E-state index is 11.5. The molecule has 0 aromatic heterocycles. The number of fused-ring (bicyclic) bond motifs is 5. The number of carbonyl (C=O) groups excluding carboxylic acids is 1. The highest BCUT2D eigenvalue weighted by Crippen LogP contribution is 2.57. The summed E-state index contributed by atoms with van der Waals surface area (Å²) in [6.07, 6.45) is 4.25. The van der Waals surface area contributed by atoms with E-state index in [2.05, 4.69) is 31.2 Å². The van der Waals surface area contributed by atoms with Gasteiger partial charge in [0, 0.05) is 12.3 Å². The van der Waals surface area contributed by atoms with E-state index in [0.717, 1.165) is 31.4 Å². The summed E-state index contributed by atoms with van der Waals surface area (Å²) in [5, 5.41) is 2.58. The van der Waals surface area contributed by atoms with Gasteiger partial charge in [-0.05, 0) is 65.6 Å².